The van der Waals surface area contributed by atoms with Gasteiger partial charge in [0.25, 0.3) is 0 Å². The summed E-state index contributed by atoms with van der Waals surface area (Å²) < 4.78 is 34.6. The van der Waals surface area contributed by atoms with Crippen LogP contribution in [0.1, 0.15) is 15.9 Å². The quantitative estimate of drug-likeness (QED) is 0.246. The molecule has 4 rings (SSSR count). The van der Waals surface area contributed by atoms with Crippen molar-refractivity contribution in [3.63, 3.8) is 0 Å². The van der Waals surface area contributed by atoms with Crippen LogP contribution in [0.15, 0.2) is 69.9 Å². The average molecular weight is 434 g/mol. The molecule has 1 heterocycles. The molecular weight excluding hydrogens is 415 g/mol. The van der Waals surface area contributed by atoms with Crippen molar-refractivity contribution in [2.45, 2.75) is 6.92 Å². The summed E-state index contributed by atoms with van der Waals surface area (Å²) in [5, 5.41) is 0.610. The van der Waals surface area contributed by atoms with Crippen LogP contribution in [0.3, 0.4) is 0 Å². The van der Waals surface area contributed by atoms with Gasteiger partial charge >= 0.3 is 11.6 Å². The van der Waals surface area contributed by atoms with Gasteiger partial charge in [0.1, 0.15) is 17.1 Å². The molecule has 0 aliphatic heterocycles. The zero-order valence-corrected chi connectivity index (χ0v) is 17.6. The summed E-state index contributed by atoms with van der Waals surface area (Å²) in [6.45, 7) is 1.79. The second-order valence-corrected chi connectivity index (χ2v) is 7.01. The molecule has 0 amide bonds. The molecule has 32 heavy (non-hydrogen) atoms. The molecule has 0 atom stereocenters. The predicted octanol–water partition coefficient (Wildman–Crippen LogP) is 5.14. The lowest BCUT2D eigenvalue weighted by molar-refractivity contribution is 0.0735. The number of esters is 1. The minimum atomic E-state index is -0.625. The van der Waals surface area contributed by atoms with Crippen LogP contribution in [0, 0.1) is 12.7 Å². The lowest BCUT2D eigenvalue weighted by atomic mass is 9.99. The summed E-state index contributed by atoms with van der Waals surface area (Å²) in [6.07, 6.45) is 0. The van der Waals surface area contributed by atoms with Gasteiger partial charge in [-0.2, -0.15) is 0 Å². The standard InChI is InChI=1S/C25H19FO6/c1-14-19-13-18(31-24(27)15-4-7-17(26)8-5-15)9-11-20(19)32-25(28)23(14)16-6-10-21(29-2)22(12-16)30-3/h4-13H,1-3H3. The van der Waals surface area contributed by atoms with Gasteiger partial charge in [0.05, 0.1) is 25.3 Å². The summed E-state index contributed by atoms with van der Waals surface area (Å²) in [4.78, 5) is 25.1. The molecule has 3 aromatic carbocycles. The number of rotatable bonds is 5. The number of ether oxygens (including phenoxy) is 3. The maximum Gasteiger partial charge on any atom is 0.344 e. The Bertz CT molecular complexity index is 1370. The van der Waals surface area contributed by atoms with Gasteiger partial charge in [-0.15, -0.1) is 0 Å². The molecule has 0 aliphatic carbocycles. The Hall–Kier alpha value is -4.13. The molecule has 0 N–H and O–H groups in total. The molecule has 7 heteroatoms. The van der Waals surface area contributed by atoms with Crippen LogP contribution < -0.4 is 19.8 Å². The van der Waals surface area contributed by atoms with E-state index < -0.39 is 17.4 Å². The number of hydrogen-bond donors (Lipinski definition) is 0. The Morgan fingerprint density at radius 3 is 2.31 bits per heavy atom. The number of carbonyl (C=O) groups is 1. The van der Waals surface area contributed by atoms with Gasteiger partial charge in [-0.3, -0.25) is 0 Å². The van der Waals surface area contributed by atoms with E-state index in [2.05, 4.69) is 0 Å². The molecule has 0 unspecified atom stereocenters. The van der Waals surface area contributed by atoms with E-state index in [0.29, 0.717) is 39.2 Å². The van der Waals surface area contributed by atoms with E-state index in [0.717, 1.165) is 0 Å². The number of fused-ring (bicyclic) bond motifs is 1. The first kappa shape index (κ1) is 21.1. The fourth-order valence-electron chi connectivity index (χ4n) is 3.47. The number of hydrogen-bond acceptors (Lipinski definition) is 6. The van der Waals surface area contributed by atoms with Crippen molar-refractivity contribution in [3.05, 3.63) is 88.0 Å². The first-order valence-corrected chi connectivity index (χ1v) is 9.69. The molecule has 4 aromatic rings. The molecule has 0 fully saturated rings. The zero-order valence-electron chi connectivity index (χ0n) is 17.6. The number of methoxy groups -OCH3 is 2. The highest BCUT2D eigenvalue weighted by molar-refractivity contribution is 5.92. The van der Waals surface area contributed by atoms with Crippen LogP contribution in [-0.4, -0.2) is 20.2 Å². The van der Waals surface area contributed by atoms with Crippen LogP contribution in [0.2, 0.25) is 0 Å². The average Bonchev–Trinajstić information content (AvgIpc) is 2.79. The third-order valence-electron chi connectivity index (χ3n) is 5.10. The number of carbonyl (C=O) groups excluding carboxylic acids is 1. The lowest BCUT2D eigenvalue weighted by Crippen LogP contribution is -2.09. The highest BCUT2D eigenvalue weighted by Crippen LogP contribution is 2.34. The van der Waals surface area contributed by atoms with Crippen molar-refractivity contribution < 1.29 is 27.8 Å². The van der Waals surface area contributed by atoms with E-state index in [4.69, 9.17) is 18.6 Å². The Labute approximate surface area is 182 Å². The van der Waals surface area contributed by atoms with Crippen molar-refractivity contribution >= 4 is 16.9 Å². The van der Waals surface area contributed by atoms with Crippen LogP contribution >= 0.6 is 0 Å². The van der Waals surface area contributed by atoms with Crippen LogP contribution in [0.25, 0.3) is 22.1 Å². The van der Waals surface area contributed by atoms with Crippen LogP contribution in [0.4, 0.5) is 4.39 Å². The summed E-state index contributed by atoms with van der Waals surface area (Å²) >= 11 is 0. The third kappa shape index (κ3) is 3.92. The minimum absolute atomic E-state index is 0.217. The second kappa shape index (κ2) is 8.55. The van der Waals surface area contributed by atoms with Crippen molar-refractivity contribution in [3.8, 4) is 28.4 Å². The van der Waals surface area contributed by atoms with Gasteiger partial charge in [-0.25, -0.2) is 14.0 Å². The molecule has 0 saturated carbocycles. The van der Waals surface area contributed by atoms with E-state index in [9.17, 15) is 14.0 Å². The van der Waals surface area contributed by atoms with Crippen molar-refractivity contribution in [1.82, 2.24) is 0 Å². The molecule has 0 aliphatic rings. The van der Waals surface area contributed by atoms with Gasteiger partial charge in [-0.05, 0) is 72.6 Å². The molecule has 162 valence electrons. The molecule has 0 saturated heterocycles. The Kier molecular flexibility index (Phi) is 5.64. The maximum atomic E-state index is 13.1. The lowest BCUT2D eigenvalue weighted by Gasteiger charge is -2.12. The largest absolute Gasteiger partial charge is 0.493 e. The first-order chi connectivity index (χ1) is 15.4. The smallest absolute Gasteiger partial charge is 0.344 e. The fraction of sp³-hybridized carbons (Fsp3) is 0.120. The van der Waals surface area contributed by atoms with Gasteiger partial charge in [-0.1, -0.05) is 6.07 Å². The van der Waals surface area contributed by atoms with E-state index in [1.807, 2.05) is 0 Å². The molecule has 0 bridgehead atoms. The van der Waals surface area contributed by atoms with Crippen molar-refractivity contribution in [2.75, 3.05) is 14.2 Å². The summed E-state index contributed by atoms with van der Waals surface area (Å²) in [7, 11) is 3.04. The first-order valence-electron chi connectivity index (χ1n) is 9.69. The SMILES string of the molecule is COc1ccc(-c2c(C)c3cc(OC(=O)c4ccc(F)cc4)ccc3oc2=O)cc1OC. The van der Waals surface area contributed by atoms with Crippen molar-refractivity contribution in [2.24, 2.45) is 0 Å². The number of benzene rings is 3. The normalized spacial score (nSPS) is 10.8. The van der Waals surface area contributed by atoms with E-state index in [1.165, 1.54) is 44.6 Å². The summed E-state index contributed by atoms with van der Waals surface area (Å²) in [5.41, 5.74) is 1.69. The van der Waals surface area contributed by atoms with Crippen LogP contribution in [0.5, 0.6) is 17.2 Å². The Morgan fingerprint density at radius 1 is 0.906 bits per heavy atom. The summed E-state index contributed by atoms with van der Waals surface area (Å²) in [6, 6.07) is 14.9. The molecule has 0 radical (unpaired) electrons. The number of halogens is 1. The molecule has 1 aromatic heterocycles. The van der Waals surface area contributed by atoms with Gasteiger partial charge in [0, 0.05) is 5.39 Å². The van der Waals surface area contributed by atoms with E-state index >= 15 is 0 Å². The van der Waals surface area contributed by atoms with Gasteiger partial charge in [0.15, 0.2) is 11.5 Å². The van der Waals surface area contributed by atoms with Gasteiger partial charge < -0.3 is 18.6 Å². The monoisotopic (exact) mass is 434 g/mol. The fourth-order valence-corrected chi connectivity index (χ4v) is 3.47. The maximum absolute atomic E-state index is 13.1. The number of aryl methyl sites for hydroxylation is 1. The highest BCUT2D eigenvalue weighted by Gasteiger charge is 2.17. The highest BCUT2D eigenvalue weighted by atomic mass is 19.1. The molecule has 6 nitrogen and oxygen atoms in total. The molecular formula is C25H19FO6. The molecule has 0 spiro atoms. The Balaban J connectivity index is 1.76. The topological polar surface area (TPSA) is 75.0 Å². The van der Waals surface area contributed by atoms with Crippen molar-refractivity contribution in [1.29, 1.82) is 0 Å². The van der Waals surface area contributed by atoms with Crippen LogP contribution in [-0.2, 0) is 0 Å². The van der Waals surface area contributed by atoms with Gasteiger partial charge in [0.2, 0.25) is 0 Å². The third-order valence-corrected chi connectivity index (χ3v) is 5.10. The zero-order chi connectivity index (χ0) is 22.8. The predicted molar refractivity (Wildman–Crippen MR) is 117 cm³/mol. The van der Waals surface area contributed by atoms with E-state index in [-0.39, 0.29) is 11.3 Å². The second-order valence-electron chi connectivity index (χ2n) is 7.01. The summed E-state index contributed by atoms with van der Waals surface area (Å²) in [5.74, 6) is 0.210. The van der Waals surface area contributed by atoms with E-state index in [1.54, 1.807) is 37.3 Å². The Morgan fingerprint density at radius 2 is 1.62 bits per heavy atom. The minimum Gasteiger partial charge on any atom is -0.493 e.